The summed E-state index contributed by atoms with van der Waals surface area (Å²) in [6.45, 7) is 7.47. The van der Waals surface area contributed by atoms with Crippen LogP contribution in [0, 0.1) is 11.8 Å². The number of amides is 6. The Bertz CT molecular complexity index is 2150. The number of ether oxygens (including phenoxy) is 1. The topological polar surface area (TPSA) is 331 Å². The molecule has 4 rings (SSSR count). The van der Waals surface area contributed by atoms with Gasteiger partial charge in [0.05, 0.1) is 19.5 Å². The molecule has 2 aromatic carbocycles. The first-order valence-corrected chi connectivity index (χ1v) is 22.4. The van der Waals surface area contributed by atoms with Crippen molar-refractivity contribution in [3.05, 3.63) is 83.9 Å². The number of hydrogen-bond donors (Lipinski definition) is 10. The van der Waals surface area contributed by atoms with Gasteiger partial charge >= 0.3 is 5.97 Å². The van der Waals surface area contributed by atoms with Gasteiger partial charge in [-0.15, -0.1) is 0 Å². The van der Waals surface area contributed by atoms with Crippen LogP contribution in [0.2, 0.25) is 0 Å². The van der Waals surface area contributed by atoms with Gasteiger partial charge in [0.1, 0.15) is 42.0 Å². The van der Waals surface area contributed by atoms with Crippen LogP contribution in [0.4, 0.5) is 0 Å². The first kappa shape index (κ1) is 52.6. The van der Waals surface area contributed by atoms with Crippen LogP contribution in [0.15, 0.2) is 72.1 Å². The number of carbonyl (C=O) groups is 7. The lowest BCUT2D eigenvalue weighted by molar-refractivity contribution is -0.151. The monoisotopic (exact) mass is 931 g/mol. The van der Waals surface area contributed by atoms with Crippen LogP contribution >= 0.6 is 0 Å². The molecule has 3 aromatic rings. The van der Waals surface area contributed by atoms with Gasteiger partial charge in [-0.2, -0.15) is 0 Å². The highest BCUT2D eigenvalue weighted by Crippen LogP contribution is 2.21. The van der Waals surface area contributed by atoms with Crippen LogP contribution in [0.1, 0.15) is 70.2 Å². The molecule has 21 heteroatoms. The molecule has 0 unspecified atom stereocenters. The zero-order valence-electron chi connectivity index (χ0n) is 38.7. The molecule has 8 atom stereocenters. The summed E-state index contributed by atoms with van der Waals surface area (Å²) >= 11 is 0. The van der Waals surface area contributed by atoms with Crippen molar-refractivity contribution >= 4 is 47.4 Å². The van der Waals surface area contributed by atoms with Crippen molar-refractivity contribution < 1.29 is 43.4 Å². The second-order valence-electron chi connectivity index (χ2n) is 17.0. The summed E-state index contributed by atoms with van der Waals surface area (Å²) < 4.78 is 5.29. The summed E-state index contributed by atoms with van der Waals surface area (Å²) in [5.74, 6) is -5.58. The van der Waals surface area contributed by atoms with Crippen molar-refractivity contribution in [3.63, 3.8) is 0 Å². The van der Waals surface area contributed by atoms with Crippen LogP contribution in [0.5, 0.6) is 5.75 Å². The third-order valence-electron chi connectivity index (χ3n) is 11.7. The molecule has 364 valence electrons. The van der Waals surface area contributed by atoms with Crippen molar-refractivity contribution in [2.24, 2.45) is 34.0 Å². The summed E-state index contributed by atoms with van der Waals surface area (Å²) in [7, 11) is 1.51. The van der Waals surface area contributed by atoms with Crippen molar-refractivity contribution in [2.75, 3.05) is 20.2 Å². The molecule has 1 fully saturated rings. The largest absolute Gasteiger partial charge is 0.497 e. The fraction of sp³-hybridized carbons (Fsp3) is 0.500. The SMILES string of the molecule is CC[C@H](C)[C@H](NC(=O)[C@H](Cc1ccc(OC)cc1)NC(=O)[C@@H](NC(=O)[C@@H](N)CCCN=C(N)N)C(C)C)C(=O)N[C@@H](Cc1cnc[nH]1)C(=O)N1CC[C@H]1C(=O)N[C@@H](Cc1ccccc1)C(=O)O. The van der Waals surface area contributed by atoms with E-state index in [1.54, 1.807) is 75.4 Å². The number of nitrogens with zero attached hydrogens (tertiary/aromatic N) is 3. The lowest BCUT2D eigenvalue weighted by atomic mass is 9.95. The van der Waals surface area contributed by atoms with Gasteiger partial charge in [0.2, 0.25) is 35.4 Å². The first-order valence-electron chi connectivity index (χ1n) is 22.4. The average Bonchev–Trinajstić information content (AvgIpc) is 3.80. The zero-order chi connectivity index (χ0) is 49.2. The molecule has 1 aromatic heterocycles. The Morgan fingerprint density at radius 1 is 0.821 bits per heavy atom. The Morgan fingerprint density at radius 2 is 1.45 bits per heavy atom. The van der Waals surface area contributed by atoms with Crippen LogP contribution in [0.25, 0.3) is 0 Å². The van der Waals surface area contributed by atoms with E-state index >= 15 is 0 Å². The summed E-state index contributed by atoms with van der Waals surface area (Å²) in [4.78, 5) is 108. The van der Waals surface area contributed by atoms with E-state index in [0.29, 0.717) is 35.4 Å². The predicted octanol–water partition coefficient (Wildman–Crippen LogP) is -0.361. The Morgan fingerprint density at radius 3 is 2.01 bits per heavy atom. The number of nitrogens with two attached hydrogens (primary N) is 3. The Balaban J connectivity index is 1.54. The van der Waals surface area contributed by atoms with E-state index in [4.69, 9.17) is 21.9 Å². The minimum Gasteiger partial charge on any atom is -0.497 e. The maximum Gasteiger partial charge on any atom is 0.326 e. The van der Waals surface area contributed by atoms with Crippen molar-refractivity contribution in [1.82, 2.24) is 41.5 Å². The second kappa shape index (κ2) is 25.6. The lowest BCUT2D eigenvalue weighted by Crippen LogP contribution is -2.65. The molecule has 21 nitrogen and oxygen atoms in total. The zero-order valence-corrected chi connectivity index (χ0v) is 38.7. The molecular weight excluding hydrogens is 865 g/mol. The fourth-order valence-electron chi connectivity index (χ4n) is 7.39. The van der Waals surface area contributed by atoms with E-state index in [1.165, 1.54) is 24.5 Å². The van der Waals surface area contributed by atoms with Gasteiger partial charge in [-0.25, -0.2) is 9.78 Å². The maximum atomic E-state index is 14.4. The van der Waals surface area contributed by atoms with E-state index < -0.39 is 95.5 Å². The van der Waals surface area contributed by atoms with Gasteiger partial charge in [-0.05, 0) is 54.4 Å². The molecule has 13 N–H and O–H groups in total. The summed E-state index contributed by atoms with van der Waals surface area (Å²) in [5, 5.41) is 23.6. The number of carboxylic acid groups (broad SMARTS) is 1. The number of methoxy groups -OCH3 is 1. The number of hydrogen-bond acceptors (Lipinski definition) is 11. The molecule has 0 aliphatic carbocycles. The maximum absolute atomic E-state index is 14.4. The van der Waals surface area contributed by atoms with E-state index in [1.807, 2.05) is 6.92 Å². The number of likely N-dealkylation sites (tertiary alicyclic amines) is 1. The van der Waals surface area contributed by atoms with E-state index in [-0.39, 0.29) is 51.2 Å². The predicted molar refractivity (Wildman–Crippen MR) is 249 cm³/mol. The number of carbonyl (C=O) groups excluding carboxylic acids is 6. The van der Waals surface area contributed by atoms with Gasteiger partial charge in [0.15, 0.2) is 5.96 Å². The lowest BCUT2D eigenvalue weighted by Gasteiger charge is -2.42. The van der Waals surface area contributed by atoms with Gasteiger partial charge in [0.25, 0.3) is 0 Å². The summed E-state index contributed by atoms with van der Waals surface area (Å²) in [5.41, 5.74) is 18.7. The van der Waals surface area contributed by atoms with Gasteiger partial charge in [-0.1, -0.05) is 76.6 Å². The minimum atomic E-state index is -1.26. The van der Waals surface area contributed by atoms with Crippen LogP contribution in [-0.2, 0) is 52.8 Å². The summed E-state index contributed by atoms with van der Waals surface area (Å²) in [6.07, 6.45) is 4.20. The molecule has 0 saturated carbocycles. The number of guanidine groups is 1. The quantitative estimate of drug-likeness (QED) is 0.0280. The molecular formula is C46H66N12O9. The van der Waals surface area contributed by atoms with E-state index in [9.17, 15) is 38.7 Å². The van der Waals surface area contributed by atoms with E-state index in [2.05, 4.69) is 41.5 Å². The highest BCUT2D eigenvalue weighted by Gasteiger charge is 2.43. The van der Waals surface area contributed by atoms with Crippen LogP contribution in [0.3, 0.4) is 0 Å². The molecule has 0 spiro atoms. The smallest absolute Gasteiger partial charge is 0.326 e. The normalized spacial score (nSPS) is 16.3. The molecule has 1 saturated heterocycles. The average molecular weight is 931 g/mol. The molecule has 67 heavy (non-hydrogen) atoms. The highest BCUT2D eigenvalue weighted by atomic mass is 16.5. The number of carboxylic acids is 1. The second-order valence-corrected chi connectivity index (χ2v) is 17.0. The number of nitrogens with one attached hydrogen (secondary N) is 6. The standard InChI is InChI=1S/C46H66N12O9/c1-6-27(4)38(43(63)54-34(23-30-24-50-25-52-30)44(64)58-20-18-36(58)41(61)55-35(45(65)66)22-28-11-8-7-9-12-28)57-40(60)33(21-29-14-16-31(67-5)17-15-29)53-42(62)37(26(2)3)56-39(59)32(47)13-10-19-51-46(48)49/h7-9,11-12,14-17,24-27,32-38H,6,10,13,18-23,47H2,1-5H3,(H,50,52)(H,53,62)(H,54,63)(H,55,61)(H,56,59)(H,57,60)(H,65,66)(H4,48,49,51)/t27-,32-,33-,34-,35-,36-,37-,38-/m0/s1. The van der Waals surface area contributed by atoms with E-state index in [0.717, 1.165) is 0 Å². The van der Waals surface area contributed by atoms with Crippen molar-refractivity contribution in [3.8, 4) is 5.75 Å². The van der Waals surface area contributed by atoms with Gasteiger partial charge in [0, 0.05) is 44.2 Å². The van der Waals surface area contributed by atoms with Crippen molar-refractivity contribution in [1.29, 1.82) is 0 Å². The van der Waals surface area contributed by atoms with Crippen LogP contribution < -0.4 is 48.5 Å². The number of benzene rings is 2. The Labute approximate surface area is 390 Å². The fourth-order valence-corrected chi connectivity index (χ4v) is 7.39. The number of H-pyrrole nitrogens is 1. The molecule has 2 heterocycles. The number of aliphatic imine (C=N–C) groups is 1. The number of aliphatic carboxylic acids is 1. The molecule has 0 bridgehead atoms. The Hall–Kier alpha value is -7.03. The van der Waals surface area contributed by atoms with Gasteiger partial charge in [-0.3, -0.25) is 33.8 Å². The first-order chi connectivity index (χ1) is 31.9. The molecule has 6 amide bonds. The number of aromatic amines is 1. The number of aromatic nitrogens is 2. The molecule has 0 radical (unpaired) electrons. The van der Waals surface area contributed by atoms with Crippen LogP contribution in [-0.4, -0.2) is 130 Å². The number of imidazole rings is 1. The number of rotatable bonds is 26. The third-order valence-corrected chi connectivity index (χ3v) is 11.7. The highest BCUT2D eigenvalue weighted by molar-refractivity contribution is 5.98. The minimum absolute atomic E-state index is 0.0209. The molecule has 1 aliphatic heterocycles. The van der Waals surface area contributed by atoms with Crippen molar-refractivity contribution in [2.45, 2.75) is 115 Å². The third kappa shape index (κ3) is 15.8. The Kier molecular flexibility index (Phi) is 20.1. The van der Waals surface area contributed by atoms with Gasteiger partial charge < -0.3 is 63.5 Å². The summed E-state index contributed by atoms with van der Waals surface area (Å²) in [6, 6.07) is 7.64. The molecule has 1 aliphatic rings.